The van der Waals surface area contributed by atoms with E-state index < -0.39 is 0 Å². The molecule has 100 valence electrons. The molecule has 0 saturated carbocycles. The van der Waals surface area contributed by atoms with Crippen molar-refractivity contribution in [2.24, 2.45) is 0 Å². The molecule has 1 aromatic heterocycles. The molecule has 0 fully saturated rings. The molecule has 0 bridgehead atoms. The summed E-state index contributed by atoms with van der Waals surface area (Å²) in [6.07, 6.45) is 1.08. The maximum atomic E-state index is 6.06. The number of hydrogen-bond donors (Lipinski definition) is 1. The van der Waals surface area contributed by atoms with Crippen molar-refractivity contribution < 1.29 is 4.42 Å². The summed E-state index contributed by atoms with van der Waals surface area (Å²) in [4.78, 5) is 4.55. The standard InChI is InChI=1S/C16H13ClN2O/c1-9-6-12(17)8-14-15(9)20-16(19-14)11-3-2-10-4-5-18-13(10)7-11/h2-3,6-8,18H,4-5H2,1H3. The van der Waals surface area contributed by atoms with Crippen LogP contribution in [0.25, 0.3) is 22.6 Å². The van der Waals surface area contributed by atoms with Crippen LogP contribution in [-0.4, -0.2) is 11.5 Å². The van der Waals surface area contributed by atoms with Crippen molar-refractivity contribution in [3.8, 4) is 11.5 Å². The van der Waals surface area contributed by atoms with Gasteiger partial charge in [-0.2, -0.15) is 0 Å². The highest BCUT2D eigenvalue weighted by atomic mass is 35.5. The first-order valence-electron chi connectivity index (χ1n) is 6.64. The van der Waals surface area contributed by atoms with Crippen LogP contribution in [0, 0.1) is 6.92 Å². The Morgan fingerprint density at radius 1 is 1.25 bits per heavy atom. The Morgan fingerprint density at radius 2 is 2.15 bits per heavy atom. The monoisotopic (exact) mass is 284 g/mol. The van der Waals surface area contributed by atoms with Crippen molar-refractivity contribution >= 4 is 28.4 Å². The Kier molecular flexibility index (Phi) is 2.51. The van der Waals surface area contributed by atoms with Gasteiger partial charge in [-0.15, -0.1) is 0 Å². The molecule has 2 aromatic carbocycles. The topological polar surface area (TPSA) is 38.1 Å². The molecule has 0 unspecified atom stereocenters. The second kappa shape index (κ2) is 4.25. The van der Waals surface area contributed by atoms with Crippen LogP contribution in [-0.2, 0) is 6.42 Å². The molecule has 0 radical (unpaired) electrons. The third kappa shape index (κ3) is 1.78. The lowest BCUT2D eigenvalue weighted by Gasteiger charge is -2.01. The van der Waals surface area contributed by atoms with Gasteiger partial charge in [0.25, 0.3) is 0 Å². The fourth-order valence-corrected chi connectivity index (χ4v) is 2.97. The minimum absolute atomic E-state index is 0.641. The van der Waals surface area contributed by atoms with Crippen molar-refractivity contribution in [3.05, 3.63) is 46.5 Å². The number of nitrogens with zero attached hydrogens (tertiary/aromatic N) is 1. The summed E-state index contributed by atoms with van der Waals surface area (Å²) < 4.78 is 5.90. The molecule has 1 aliphatic rings. The zero-order chi connectivity index (χ0) is 13.7. The van der Waals surface area contributed by atoms with Gasteiger partial charge in [0.05, 0.1) is 0 Å². The van der Waals surface area contributed by atoms with Crippen molar-refractivity contribution in [2.45, 2.75) is 13.3 Å². The summed E-state index contributed by atoms with van der Waals surface area (Å²) in [5, 5.41) is 4.06. The smallest absolute Gasteiger partial charge is 0.227 e. The summed E-state index contributed by atoms with van der Waals surface area (Å²) in [6, 6.07) is 10.0. The number of oxazole rings is 1. The lowest BCUT2D eigenvalue weighted by Crippen LogP contribution is -1.91. The van der Waals surface area contributed by atoms with Gasteiger partial charge in [0.15, 0.2) is 5.58 Å². The normalized spacial score (nSPS) is 13.5. The van der Waals surface area contributed by atoms with E-state index in [1.807, 2.05) is 19.1 Å². The molecule has 4 rings (SSSR count). The van der Waals surface area contributed by atoms with Gasteiger partial charge in [0.2, 0.25) is 5.89 Å². The van der Waals surface area contributed by atoms with E-state index in [0.29, 0.717) is 10.9 Å². The van der Waals surface area contributed by atoms with E-state index in [0.717, 1.165) is 35.2 Å². The molecule has 1 N–H and O–H groups in total. The summed E-state index contributed by atoms with van der Waals surface area (Å²) in [5.41, 5.74) is 6.13. The number of rotatable bonds is 1. The zero-order valence-electron chi connectivity index (χ0n) is 11.0. The number of halogens is 1. The number of hydrogen-bond acceptors (Lipinski definition) is 3. The zero-order valence-corrected chi connectivity index (χ0v) is 11.8. The van der Waals surface area contributed by atoms with E-state index in [1.54, 1.807) is 0 Å². The fourth-order valence-electron chi connectivity index (χ4n) is 2.70. The molecule has 4 heteroatoms. The maximum Gasteiger partial charge on any atom is 0.227 e. The van der Waals surface area contributed by atoms with Crippen LogP contribution in [0.15, 0.2) is 34.7 Å². The third-order valence-corrected chi connectivity index (χ3v) is 3.93. The first-order valence-corrected chi connectivity index (χ1v) is 7.02. The van der Waals surface area contributed by atoms with Gasteiger partial charge in [0.1, 0.15) is 5.52 Å². The number of benzene rings is 2. The van der Waals surface area contributed by atoms with E-state index in [9.17, 15) is 0 Å². The number of nitrogens with one attached hydrogen (secondary N) is 1. The molecule has 2 heterocycles. The molecule has 3 nitrogen and oxygen atoms in total. The minimum atomic E-state index is 0.641. The molecule has 0 atom stereocenters. The van der Waals surface area contributed by atoms with Crippen molar-refractivity contribution in [1.82, 2.24) is 4.98 Å². The molecule has 0 saturated heterocycles. The van der Waals surface area contributed by atoms with Crippen LogP contribution in [0.3, 0.4) is 0 Å². The van der Waals surface area contributed by atoms with Crippen LogP contribution < -0.4 is 5.32 Å². The number of aryl methyl sites for hydroxylation is 1. The molecular formula is C16H13ClN2O. The van der Waals surface area contributed by atoms with E-state index in [4.69, 9.17) is 16.0 Å². The van der Waals surface area contributed by atoms with E-state index >= 15 is 0 Å². The second-order valence-electron chi connectivity index (χ2n) is 5.14. The van der Waals surface area contributed by atoms with Crippen LogP contribution in [0.4, 0.5) is 5.69 Å². The first-order chi connectivity index (χ1) is 9.70. The van der Waals surface area contributed by atoms with Crippen molar-refractivity contribution in [3.63, 3.8) is 0 Å². The second-order valence-corrected chi connectivity index (χ2v) is 5.58. The third-order valence-electron chi connectivity index (χ3n) is 3.71. The van der Waals surface area contributed by atoms with Gasteiger partial charge in [-0.25, -0.2) is 4.98 Å². The van der Waals surface area contributed by atoms with Crippen molar-refractivity contribution in [2.75, 3.05) is 11.9 Å². The molecule has 0 amide bonds. The predicted molar refractivity (Wildman–Crippen MR) is 81.4 cm³/mol. The Morgan fingerprint density at radius 3 is 3.05 bits per heavy atom. The highest BCUT2D eigenvalue weighted by molar-refractivity contribution is 6.31. The number of fused-ring (bicyclic) bond motifs is 2. The van der Waals surface area contributed by atoms with Gasteiger partial charge in [0, 0.05) is 22.8 Å². The highest BCUT2D eigenvalue weighted by Crippen LogP contribution is 2.32. The lowest BCUT2D eigenvalue weighted by molar-refractivity contribution is 0.617. The highest BCUT2D eigenvalue weighted by Gasteiger charge is 2.15. The summed E-state index contributed by atoms with van der Waals surface area (Å²) in [5.74, 6) is 0.641. The van der Waals surface area contributed by atoms with Gasteiger partial charge in [-0.3, -0.25) is 0 Å². The van der Waals surface area contributed by atoms with E-state index in [-0.39, 0.29) is 0 Å². The van der Waals surface area contributed by atoms with Crippen molar-refractivity contribution in [1.29, 1.82) is 0 Å². The predicted octanol–water partition coefficient (Wildman–Crippen LogP) is 4.42. The molecule has 20 heavy (non-hydrogen) atoms. The van der Waals surface area contributed by atoms with Gasteiger partial charge < -0.3 is 9.73 Å². The average Bonchev–Trinajstić information content (AvgIpc) is 3.03. The quantitative estimate of drug-likeness (QED) is 0.718. The maximum absolute atomic E-state index is 6.06. The lowest BCUT2D eigenvalue weighted by atomic mass is 10.1. The van der Waals surface area contributed by atoms with Gasteiger partial charge in [-0.05, 0) is 48.7 Å². The Hall–Kier alpha value is -2.00. The molecule has 1 aliphatic heterocycles. The van der Waals surface area contributed by atoms with Gasteiger partial charge >= 0.3 is 0 Å². The SMILES string of the molecule is Cc1cc(Cl)cc2nc(-c3ccc4c(c3)NCC4)oc12. The summed E-state index contributed by atoms with van der Waals surface area (Å²) in [7, 11) is 0. The summed E-state index contributed by atoms with van der Waals surface area (Å²) in [6.45, 7) is 2.98. The van der Waals surface area contributed by atoms with E-state index in [1.165, 1.54) is 11.3 Å². The van der Waals surface area contributed by atoms with Crippen LogP contribution >= 0.6 is 11.6 Å². The number of anilines is 1. The number of aromatic nitrogens is 1. The van der Waals surface area contributed by atoms with Gasteiger partial charge in [-0.1, -0.05) is 17.7 Å². The summed E-state index contributed by atoms with van der Waals surface area (Å²) >= 11 is 6.06. The molecular weight excluding hydrogens is 272 g/mol. The minimum Gasteiger partial charge on any atom is -0.436 e. The van der Waals surface area contributed by atoms with Crippen LogP contribution in [0.1, 0.15) is 11.1 Å². The Bertz CT molecular complexity index is 823. The average molecular weight is 285 g/mol. The fraction of sp³-hybridized carbons (Fsp3) is 0.188. The van der Waals surface area contributed by atoms with E-state index in [2.05, 4.69) is 28.5 Å². The van der Waals surface area contributed by atoms with Crippen LogP contribution in [0.5, 0.6) is 0 Å². The molecule has 0 spiro atoms. The van der Waals surface area contributed by atoms with Crippen LogP contribution in [0.2, 0.25) is 5.02 Å². The largest absolute Gasteiger partial charge is 0.436 e. The molecule has 3 aromatic rings. The Labute approximate surface area is 121 Å². The first kappa shape index (κ1) is 11.8. The molecule has 0 aliphatic carbocycles. The Balaban J connectivity index is 1.88.